The molecule has 1 atom stereocenters. The second kappa shape index (κ2) is 6.35. The van der Waals surface area contributed by atoms with E-state index in [-0.39, 0.29) is 23.2 Å². The topological polar surface area (TPSA) is 46.1 Å². The lowest BCUT2D eigenvalue weighted by Gasteiger charge is -2.32. The molecule has 1 aromatic heterocycles. The number of aromatic nitrogens is 2. The molecule has 96 valence electrons. The highest BCUT2D eigenvalue weighted by atomic mass is 32.2. The van der Waals surface area contributed by atoms with Crippen molar-refractivity contribution in [2.75, 3.05) is 0 Å². The largest absolute Gasteiger partial charge is 0.337 e. The summed E-state index contributed by atoms with van der Waals surface area (Å²) in [6.45, 7) is 10.1. The van der Waals surface area contributed by atoms with Gasteiger partial charge in [-0.3, -0.25) is 4.79 Å². The van der Waals surface area contributed by atoms with Gasteiger partial charge in [-0.05, 0) is 34.6 Å². The monoisotopic (exact) mass is 273 g/mol. The van der Waals surface area contributed by atoms with E-state index in [1.54, 1.807) is 5.51 Å². The van der Waals surface area contributed by atoms with E-state index in [1.165, 1.54) is 23.1 Å². The Morgan fingerprint density at radius 1 is 1.29 bits per heavy atom. The maximum Gasteiger partial charge on any atom is 0.236 e. The van der Waals surface area contributed by atoms with E-state index in [0.29, 0.717) is 0 Å². The number of carbonyl (C=O) groups excluding carboxylic acids is 1. The number of amides is 1. The minimum Gasteiger partial charge on any atom is -0.337 e. The molecule has 0 aromatic carbocycles. The van der Waals surface area contributed by atoms with Crippen LogP contribution in [0.5, 0.6) is 0 Å². The van der Waals surface area contributed by atoms with Crippen LogP contribution in [0.4, 0.5) is 0 Å². The summed E-state index contributed by atoms with van der Waals surface area (Å²) in [7, 11) is 0. The van der Waals surface area contributed by atoms with Gasteiger partial charge in [-0.2, -0.15) is 0 Å². The fraction of sp³-hybridized carbons (Fsp3) is 0.727. The molecule has 1 aromatic rings. The first-order valence-electron chi connectivity index (χ1n) is 5.68. The predicted molar refractivity (Wildman–Crippen MR) is 72.3 cm³/mol. The van der Waals surface area contributed by atoms with E-state index in [4.69, 9.17) is 0 Å². The van der Waals surface area contributed by atoms with Gasteiger partial charge in [-0.1, -0.05) is 23.1 Å². The van der Waals surface area contributed by atoms with Gasteiger partial charge in [0.2, 0.25) is 5.91 Å². The van der Waals surface area contributed by atoms with Crippen molar-refractivity contribution in [1.82, 2.24) is 15.1 Å². The molecule has 0 aliphatic carbocycles. The van der Waals surface area contributed by atoms with Crippen LogP contribution in [-0.4, -0.2) is 38.3 Å². The van der Waals surface area contributed by atoms with Crippen molar-refractivity contribution in [2.24, 2.45) is 0 Å². The second-order valence-corrected chi connectivity index (χ2v) is 6.82. The molecular weight excluding hydrogens is 254 g/mol. The van der Waals surface area contributed by atoms with E-state index in [9.17, 15) is 4.79 Å². The van der Waals surface area contributed by atoms with Crippen LogP contribution < -0.4 is 0 Å². The van der Waals surface area contributed by atoms with Gasteiger partial charge in [0.1, 0.15) is 5.51 Å². The van der Waals surface area contributed by atoms with Gasteiger partial charge < -0.3 is 4.90 Å². The van der Waals surface area contributed by atoms with E-state index >= 15 is 0 Å². The molecule has 6 heteroatoms. The van der Waals surface area contributed by atoms with Crippen LogP contribution in [-0.2, 0) is 4.79 Å². The van der Waals surface area contributed by atoms with Gasteiger partial charge in [-0.15, -0.1) is 10.2 Å². The van der Waals surface area contributed by atoms with Crippen LogP contribution in [0.15, 0.2) is 9.85 Å². The quantitative estimate of drug-likeness (QED) is 0.774. The fourth-order valence-corrected chi connectivity index (χ4v) is 3.41. The van der Waals surface area contributed by atoms with Crippen molar-refractivity contribution in [3.8, 4) is 0 Å². The van der Waals surface area contributed by atoms with Crippen molar-refractivity contribution in [1.29, 1.82) is 0 Å². The lowest BCUT2D eigenvalue weighted by atomic mass is 10.2. The molecule has 0 aliphatic heterocycles. The number of hydrogen-bond donors (Lipinski definition) is 0. The first kappa shape index (κ1) is 14.4. The average molecular weight is 273 g/mol. The molecule has 17 heavy (non-hydrogen) atoms. The number of hydrogen-bond acceptors (Lipinski definition) is 5. The first-order chi connectivity index (χ1) is 7.93. The van der Waals surface area contributed by atoms with Gasteiger partial charge in [0.05, 0.1) is 5.25 Å². The van der Waals surface area contributed by atoms with E-state index in [2.05, 4.69) is 10.2 Å². The van der Waals surface area contributed by atoms with E-state index < -0.39 is 0 Å². The highest BCUT2D eigenvalue weighted by Gasteiger charge is 2.26. The Bertz CT molecular complexity index is 344. The summed E-state index contributed by atoms with van der Waals surface area (Å²) in [5, 5.41) is 7.60. The number of nitrogens with zero attached hydrogens (tertiary/aromatic N) is 3. The zero-order valence-electron chi connectivity index (χ0n) is 10.9. The third-order valence-electron chi connectivity index (χ3n) is 2.33. The Morgan fingerprint density at radius 2 is 1.88 bits per heavy atom. The summed E-state index contributed by atoms with van der Waals surface area (Å²) < 4.78 is 0.846. The average Bonchev–Trinajstić information content (AvgIpc) is 2.68. The molecule has 0 bridgehead atoms. The highest BCUT2D eigenvalue weighted by Crippen LogP contribution is 2.26. The van der Waals surface area contributed by atoms with Crippen LogP contribution in [0.3, 0.4) is 0 Å². The van der Waals surface area contributed by atoms with Crippen molar-refractivity contribution < 1.29 is 4.79 Å². The Morgan fingerprint density at radius 3 is 2.29 bits per heavy atom. The molecule has 0 saturated heterocycles. The number of rotatable bonds is 5. The molecule has 4 nitrogen and oxygen atoms in total. The van der Waals surface area contributed by atoms with Crippen molar-refractivity contribution in [3.05, 3.63) is 5.51 Å². The van der Waals surface area contributed by atoms with Crippen molar-refractivity contribution in [2.45, 2.75) is 56.3 Å². The van der Waals surface area contributed by atoms with E-state index in [0.717, 1.165) is 4.34 Å². The Balaban J connectivity index is 2.67. The second-order valence-electron chi connectivity index (χ2n) is 4.40. The van der Waals surface area contributed by atoms with Gasteiger partial charge in [0.15, 0.2) is 4.34 Å². The molecule has 0 aliphatic rings. The zero-order chi connectivity index (χ0) is 13.0. The smallest absolute Gasteiger partial charge is 0.236 e. The SMILES string of the molecule is CC(Sc1nncs1)C(=O)N(C(C)C)C(C)C. The molecule has 0 fully saturated rings. The minimum absolute atomic E-state index is 0.118. The molecular formula is C11H19N3OS2. The summed E-state index contributed by atoms with van der Waals surface area (Å²) in [4.78, 5) is 14.2. The third-order valence-corrected chi connectivity index (χ3v) is 4.23. The minimum atomic E-state index is -0.118. The summed E-state index contributed by atoms with van der Waals surface area (Å²) in [5.41, 5.74) is 1.68. The molecule has 0 N–H and O–H groups in total. The van der Waals surface area contributed by atoms with Gasteiger partial charge in [0, 0.05) is 12.1 Å². The Kier molecular flexibility index (Phi) is 5.39. The highest BCUT2D eigenvalue weighted by molar-refractivity contribution is 8.02. The first-order valence-corrected chi connectivity index (χ1v) is 7.44. The van der Waals surface area contributed by atoms with Gasteiger partial charge >= 0.3 is 0 Å². The van der Waals surface area contributed by atoms with Crippen molar-refractivity contribution in [3.63, 3.8) is 0 Å². The molecule has 1 heterocycles. The van der Waals surface area contributed by atoms with Gasteiger partial charge in [-0.25, -0.2) is 0 Å². The zero-order valence-corrected chi connectivity index (χ0v) is 12.5. The standard InChI is InChI=1S/C11H19N3OS2/c1-7(2)14(8(3)4)10(15)9(5)17-11-13-12-6-16-11/h6-9H,1-5H3. The summed E-state index contributed by atoms with van der Waals surface area (Å²) in [6.07, 6.45) is 0. The van der Waals surface area contributed by atoms with Crippen LogP contribution in [0, 0.1) is 0 Å². The van der Waals surface area contributed by atoms with E-state index in [1.807, 2.05) is 39.5 Å². The van der Waals surface area contributed by atoms with Crippen LogP contribution in [0.1, 0.15) is 34.6 Å². The molecule has 1 amide bonds. The molecule has 1 rings (SSSR count). The van der Waals surface area contributed by atoms with Crippen LogP contribution >= 0.6 is 23.1 Å². The molecule has 0 spiro atoms. The number of carbonyl (C=O) groups is 1. The molecule has 0 saturated carbocycles. The maximum absolute atomic E-state index is 12.3. The summed E-state index contributed by atoms with van der Waals surface area (Å²) in [6, 6.07) is 0.444. The molecule has 1 unspecified atom stereocenters. The fourth-order valence-electron chi connectivity index (χ4n) is 1.73. The summed E-state index contributed by atoms with van der Waals surface area (Å²) in [5.74, 6) is 0.162. The van der Waals surface area contributed by atoms with Gasteiger partial charge in [0.25, 0.3) is 0 Å². The lowest BCUT2D eigenvalue weighted by Crippen LogP contribution is -2.45. The van der Waals surface area contributed by atoms with Crippen molar-refractivity contribution >= 4 is 29.0 Å². The van der Waals surface area contributed by atoms with Crippen LogP contribution in [0.25, 0.3) is 0 Å². The Hall–Kier alpha value is -0.620. The third kappa shape index (κ3) is 3.96. The maximum atomic E-state index is 12.3. The Labute approximate surface area is 111 Å². The summed E-state index contributed by atoms with van der Waals surface area (Å²) >= 11 is 2.94. The normalized spacial score (nSPS) is 13.1. The lowest BCUT2D eigenvalue weighted by molar-refractivity contribution is -0.133. The predicted octanol–water partition coefficient (Wildman–Crippen LogP) is 2.66. The molecule has 0 radical (unpaired) electrons. The van der Waals surface area contributed by atoms with Crippen LogP contribution in [0.2, 0.25) is 0 Å². The number of thioether (sulfide) groups is 1.